The fraction of sp³-hybridized carbons (Fsp3) is 0.481. The minimum Gasteiger partial charge on any atom is -0.497 e. The average molecular weight is 483 g/mol. The zero-order valence-corrected chi connectivity index (χ0v) is 20.6. The fourth-order valence-corrected chi connectivity index (χ4v) is 7.37. The van der Waals surface area contributed by atoms with Crippen LogP contribution in [0.3, 0.4) is 0 Å². The van der Waals surface area contributed by atoms with E-state index in [9.17, 15) is 13.5 Å². The van der Waals surface area contributed by atoms with Crippen molar-refractivity contribution < 1.29 is 18.3 Å². The van der Waals surface area contributed by atoms with Crippen LogP contribution in [0.2, 0.25) is 0 Å². The molecule has 3 aliphatic rings. The molecule has 1 aliphatic carbocycles. The highest BCUT2D eigenvalue weighted by molar-refractivity contribution is 7.89. The fourth-order valence-electron chi connectivity index (χ4n) is 5.88. The van der Waals surface area contributed by atoms with Crippen LogP contribution in [0.5, 0.6) is 5.75 Å². The first-order valence-corrected chi connectivity index (χ1v) is 13.8. The molecule has 1 N–H and O–H groups in total. The molecular formula is C27H34N2O4S. The molecule has 2 fully saturated rings. The number of methoxy groups -OCH3 is 1. The molecule has 3 atom stereocenters. The van der Waals surface area contributed by atoms with Crippen molar-refractivity contribution in [3.63, 3.8) is 0 Å². The predicted molar refractivity (Wildman–Crippen MR) is 133 cm³/mol. The van der Waals surface area contributed by atoms with E-state index in [1.165, 1.54) is 23.1 Å². The van der Waals surface area contributed by atoms with E-state index in [1.807, 2.05) is 0 Å². The average Bonchev–Trinajstić information content (AvgIpc) is 3.38. The number of hydrogen-bond donors (Lipinski definition) is 1. The van der Waals surface area contributed by atoms with Crippen molar-refractivity contribution in [2.75, 3.05) is 33.4 Å². The standard InChI is InChI=1S/C27H34N2O4S/c1-33-23-12-14-24(15-13-23)34(31,32)28-16-4-5-17-29-25(18-28)27(26(29)19-30)22-10-8-21(9-11-22)20-6-2-3-7-20/h6,8-15,25-27,30H,2-5,7,16-19H2,1H3/t25-,26+,27+/m1/s1. The summed E-state index contributed by atoms with van der Waals surface area (Å²) in [5, 5.41) is 10.2. The number of ether oxygens (including phenoxy) is 1. The van der Waals surface area contributed by atoms with Crippen LogP contribution in [-0.2, 0) is 10.0 Å². The van der Waals surface area contributed by atoms with Crippen LogP contribution in [-0.4, -0.2) is 68.2 Å². The van der Waals surface area contributed by atoms with Gasteiger partial charge >= 0.3 is 0 Å². The van der Waals surface area contributed by atoms with E-state index in [-0.39, 0.29) is 24.6 Å². The summed E-state index contributed by atoms with van der Waals surface area (Å²) < 4.78 is 33.9. The lowest BCUT2D eigenvalue weighted by molar-refractivity contribution is -0.0553. The Bertz CT molecular complexity index is 1130. The van der Waals surface area contributed by atoms with Crippen LogP contribution in [0.25, 0.3) is 5.57 Å². The zero-order chi connectivity index (χ0) is 23.7. The van der Waals surface area contributed by atoms with Crippen molar-refractivity contribution in [2.45, 2.75) is 55.0 Å². The maximum atomic E-state index is 13.5. The van der Waals surface area contributed by atoms with Gasteiger partial charge in [-0.15, -0.1) is 0 Å². The van der Waals surface area contributed by atoms with Crippen LogP contribution in [0.4, 0.5) is 0 Å². The second-order valence-electron chi connectivity index (χ2n) is 9.57. The normalized spacial score (nSPS) is 26.2. The molecule has 2 aromatic rings. The highest BCUT2D eigenvalue weighted by Gasteiger charge is 2.50. The summed E-state index contributed by atoms with van der Waals surface area (Å²) in [5.41, 5.74) is 3.88. The second kappa shape index (κ2) is 9.82. The lowest BCUT2D eigenvalue weighted by atomic mass is 9.74. The number of nitrogens with zero attached hydrogens (tertiary/aromatic N) is 2. The summed E-state index contributed by atoms with van der Waals surface area (Å²) in [7, 11) is -2.04. The predicted octanol–water partition coefficient (Wildman–Crippen LogP) is 3.88. The highest BCUT2D eigenvalue weighted by Crippen LogP contribution is 2.43. The molecule has 2 heterocycles. The monoisotopic (exact) mass is 482 g/mol. The minimum atomic E-state index is -3.62. The smallest absolute Gasteiger partial charge is 0.243 e. The van der Waals surface area contributed by atoms with E-state index in [0.29, 0.717) is 23.7 Å². The van der Waals surface area contributed by atoms with Gasteiger partial charge < -0.3 is 9.84 Å². The molecular weight excluding hydrogens is 448 g/mol. The maximum absolute atomic E-state index is 13.5. The van der Waals surface area contributed by atoms with Crippen molar-refractivity contribution in [2.24, 2.45) is 0 Å². The van der Waals surface area contributed by atoms with E-state index in [2.05, 4.69) is 35.2 Å². The van der Waals surface area contributed by atoms with Gasteiger partial charge in [0, 0.05) is 31.1 Å². The second-order valence-corrected chi connectivity index (χ2v) is 11.5. The number of aliphatic hydroxyl groups is 1. The van der Waals surface area contributed by atoms with Gasteiger partial charge in [-0.05, 0) is 79.6 Å². The lowest BCUT2D eigenvalue weighted by Gasteiger charge is -2.57. The number of fused-ring (bicyclic) bond motifs is 1. The van der Waals surface area contributed by atoms with Crippen molar-refractivity contribution >= 4 is 15.6 Å². The third-order valence-corrected chi connectivity index (χ3v) is 9.62. The number of hydrogen-bond acceptors (Lipinski definition) is 5. The minimum absolute atomic E-state index is 0.0326. The molecule has 0 radical (unpaired) electrons. The summed E-state index contributed by atoms with van der Waals surface area (Å²) in [5.74, 6) is 0.753. The van der Waals surface area contributed by atoms with Crippen molar-refractivity contribution in [1.29, 1.82) is 0 Å². The van der Waals surface area contributed by atoms with Crippen LogP contribution in [0.15, 0.2) is 59.5 Å². The van der Waals surface area contributed by atoms with Crippen molar-refractivity contribution in [3.8, 4) is 5.75 Å². The molecule has 0 aromatic heterocycles. The highest BCUT2D eigenvalue weighted by atomic mass is 32.2. The summed E-state index contributed by atoms with van der Waals surface area (Å²) in [4.78, 5) is 2.61. The molecule has 34 heavy (non-hydrogen) atoms. The molecule has 0 amide bonds. The van der Waals surface area contributed by atoms with Crippen molar-refractivity contribution in [1.82, 2.24) is 9.21 Å². The Morgan fingerprint density at radius 1 is 1.00 bits per heavy atom. The first-order valence-electron chi connectivity index (χ1n) is 12.3. The van der Waals surface area contributed by atoms with E-state index in [0.717, 1.165) is 32.2 Å². The van der Waals surface area contributed by atoms with Gasteiger partial charge in [0.15, 0.2) is 0 Å². The molecule has 7 heteroatoms. The molecule has 0 bridgehead atoms. The molecule has 5 rings (SSSR count). The Kier molecular flexibility index (Phi) is 6.80. The molecule has 2 aliphatic heterocycles. The Balaban J connectivity index is 1.40. The topological polar surface area (TPSA) is 70.1 Å². The van der Waals surface area contributed by atoms with Gasteiger partial charge in [0.05, 0.1) is 18.6 Å². The summed E-state index contributed by atoms with van der Waals surface area (Å²) >= 11 is 0. The van der Waals surface area contributed by atoms with Crippen LogP contribution in [0.1, 0.15) is 49.1 Å². The number of allylic oxidation sites excluding steroid dienone is 2. The quantitative estimate of drug-likeness (QED) is 0.677. The van der Waals surface area contributed by atoms with Crippen molar-refractivity contribution in [3.05, 3.63) is 65.7 Å². The molecule has 0 spiro atoms. The molecule has 2 aromatic carbocycles. The summed E-state index contributed by atoms with van der Waals surface area (Å²) in [6.07, 6.45) is 7.57. The number of sulfonamides is 1. The summed E-state index contributed by atoms with van der Waals surface area (Å²) in [6.45, 7) is 1.93. The SMILES string of the molecule is COc1ccc(S(=O)(=O)N2CCCCN3[C@H](C2)[C@H](c2ccc(C4=CCCC4)cc2)[C@@H]3CO)cc1. The van der Waals surface area contributed by atoms with Crippen LogP contribution >= 0.6 is 0 Å². The number of rotatable bonds is 6. The Hall–Kier alpha value is -2.19. The molecule has 6 nitrogen and oxygen atoms in total. The van der Waals surface area contributed by atoms with E-state index in [4.69, 9.17) is 4.74 Å². The Morgan fingerprint density at radius 2 is 1.74 bits per heavy atom. The number of aliphatic hydroxyl groups excluding tert-OH is 1. The van der Waals surface area contributed by atoms with E-state index >= 15 is 0 Å². The number of benzene rings is 2. The van der Waals surface area contributed by atoms with Gasteiger partial charge in [-0.3, -0.25) is 4.90 Å². The van der Waals surface area contributed by atoms with Gasteiger partial charge in [0.2, 0.25) is 10.0 Å². The zero-order valence-electron chi connectivity index (χ0n) is 19.8. The van der Waals surface area contributed by atoms with Gasteiger partial charge in [0.25, 0.3) is 0 Å². The third-order valence-electron chi connectivity index (χ3n) is 7.74. The van der Waals surface area contributed by atoms with Gasteiger partial charge in [-0.1, -0.05) is 30.3 Å². The molecule has 0 saturated carbocycles. The van der Waals surface area contributed by atoms with Gasteiger partial charge in [-0.2, -0.15) is 4.31 Å². The first kappa shape index (κ1) is 23.5. The van der Waals surface area contributed by atoms with E-state index < -0.39 is 10.0 Å². The van der Waals surface area contributed by atoms with Gasteiger partial charge in [-0.25, -0.2) is 8.42 Å². The molecule has 182 valence electrons. The third kappa shape index (κ3) is 4.31. The maximum Gasteiger partial charge on any atom is 0.243 e. The van der Waals surface area contributed by atoms with Crippen LogP contribution in [0, 0.1) is 0 Å². The largest absolute Gasteiger partial charge is 0.497 e. The van der Waals surface area contributed by atoms with Crippen LogP contribution < -0.4 is 4.74 Å². The van der Waals surface area contributed by atoms with Gasteiger partial charge in [0.1, 0.15) is 5.75 Å². The Labute approximate surface area is 202 Å². The molecule has 2 saturated heterocycles. The summed E-state index contributed by atoms with van der Waals surface area (Å²) in [6, 6.07) is 15.5. The van der Waals surface area contributed by atoms with E-state index in [1.54, 1.807) is 35.7 Å². The Morgan fingerprint density at radius 3 is 2.38 bits per heavy atom. The first-order chi connectivity index (χ1) is 16.5. The lowest BCUT2D eigenvalue weighted by Crippen LogP contribution is -2.67. The molecule has 0 unspecified atom stereocenters.